The minimum Gasteiger partial charge on any atom is -0.322 e. The Kier molecular flexibility index (Phi) is 3.47. The second-order valence-electron chi connectivity index (χ2n) is 1.73. The summed E-state index contributed by atoms with van der Waals surface area (Å²) in [5, 5.41) is 7.78. The summed E-state index contributed by atoms with van der Waals surface area (Å²) in [4.78, 5) is 36.5. The first-order chi connectivity index (χ1) is 5.30. The van der Waals surface area contributed by atoms with Crippen LogP contribution in [0.15, 0.2) is 0 Å². The predicted octanol–water partition coefficient (Wildman–Crippen LogP) is -1.47. The standard InChI is InChI=1S/C3H5FNO6P/c4-2(12(9,10)11)1(6)3(7)5-8/h2,8H,(H,5,7)(H2,9,10,11). The van der Waals surface area contributed by atoms with Crippen LogP contribution in [0.2, 0.25) is 0 Å². The molecule has 0 aliphatic carbocycles. The molecule has 12 heavy (non-hydrogen) atoms. The maximum atomic E-state index is 12.3. The highest BCUT2D eigenvalue weighted by Gasteiger charge is 2.39. The van der Waals surface area contributed by atoms with Crippen molar-refractivity contribution < 1.29 is 33.5 Å². The molecule has 1 amide bonds. The minimum atomic E-state index is -5.27. The first kappa shape index (κ1) is 11.2. The van der Waals surface area contributed by atoms with Crippen LogP contribution in [0.25, 0.3) is 0 Å². The van der Waals surface area contributed by atoms with Crippen molar-refractivity contribution in [2.75, 3.05) is 0 Å². The molecule has 0 aromatic rings. The lowest BCUT2D eigenvalue weighted by Gasteiger charge is -2.06. The molecule has 0 aromatic heterocycles. The van der Waals surface area contributed by atoms with E-state index in [1.54, 1.807) is 0 Å². The summed E-state index contributed by atoms with van der Waals surface area (Å²) in [6.07, 6.45) is 0. The van der Waals surface area contributed by atoms with Crippen LogP contribution in [0.5, 0.6) is 0 Å². The Labute approximate surface area is 65.3 Å². The van der Waals surface area contributed by atoms with Gasteiger partial charge in [0.25, 0.3) is 11.7 Å². The summed E-state index contributed by atoms with van der Waals surface area (Å²) in [6.45, 7) is 0. The third-order valence-electron chi connectivity index (χ3n) is 0.837. The lowest BCUT2D eigenvalue weighted by molar-refractivity contribution is -0.144. The molecule has 0 aliphatic heterocycles. The van der Waals surface area contributed by atoms with Crippen molar-refractivity contribution in [3.05, 3.63) is 0 Å². The number of ketones is 1. The number of nitrogens with one attached hydrogen (secondary N) is 1. The van der Waals surface area contributed by atoms with Crippen molar-refractivity contribution >= 4 is 19.3 Å². The van der Waals surface area contributed by atoms with Crippen molar-refractivity contribution in [2.45, 2.75) is 5.91 Å². The van der Waals surface area contributed by atoms with Gasteiger partial charge in [-0.25, -0.2) is 9.87 Å². The SMILES string of the molecule is O=C(NO)C(=O)C(F)P(=O)(O)O. The average Bonchev–Trinajstić information content (AvgIpc) is 1.98. The maximum Gasteiger partial charge on any atom is 0.367 e. The van der Waals surface area contributed by atoms with E-state index in [9.17, 15) is 18.5 Å². The molecule has 0 fully saturated rings. The van der Waals surface area contributed by atoms with Crippen LogP contribution in [-0.2, 0) is 14.2 Å². The number of carbonyl (C=O) groups excluding carboxylic acids is 2. The van der Waals surface area contributed by atoms with Gasteiger partial charge in [0.05, 0.1) is 0 Å². The Bertz CT molecular complexity index is 247. The Balaban J connectivity index is 4.52. The summed E-state index contributed by atoms with van der Waals surface area (Å²) >= 11 is 0. The molecule has 4 N–H and O–H groups in total. The highest BCUT2D eigenvalue weighted by Crippen LogP contribution is 2.42. The largest absolute Gasteiger partial charge is 0.367 e. The van der Waals surface area contributed by atoms with E-state index < -0.39 is 25.2 Å². The monoisotopic (exact) mass is 201 g/mol. The van der Waals surface area contributed by atoms with Crippen molar-refractivity contribution in [1.29, 1.82) is 0 Å². The zero-order valence-corrected chi connectivity index (χ0v) is 6.36. The molecule has 0 saturated heterocycles. The topological polar surface area (TPSA) is 124 Å². The molecule has 1 unspecified atom stereocenters. The highest BCUT2D eigenvalue weighted by molar-refractivity contribution is 7.53. The number of amides is 1. The molecule has 1 atom stereocenters. The van der Waals surface area contributed by atoms with Gasteiger partial charge in [-0.3, -0.25) is 19.4 Å². The molecule has 0 spiro atoms. The number of rotatable bonds is 3. The average molecular weight is 201 g/mol. The summed E-state index contributed by atoms with van der Waals surface area (Å²) < 4.78 is 22.3. The highest BCUT2D eigenvalue weighted by atomic mass is 31.2. The van der Waals surface area contributed by atoms with Crippen LogP contribution in [0.1, 0.15) is 0 Å². The summed E-state index contributed by atoms with van der Waals surface area (Å²) in [6, 6.07) is 0. The van der Waals surface area contributed by atoms with Crippen LogP contribution in [-0.4, -0.2) is 32.6 Å². The molecule has 0 saturated carbocycles. The van der Waals surface area contributed by atoms with Gasteiger partial charge in [-0.15, -0.1) is 0 Å². The number of Topliss-reactive ketones (excluding diaryl/α,β-unsaturated/α-hetero) is 1. The van der Waals surface area contributed by atoms with Gasteiger partial charge in [-0.05, 0) is 0 Å². The van der Waals surface area contributed by atoms with Gasteiger partial charge in [-0.2, -0.15) is 0 Å². The van der Waals surface area contributed by atoms with Crippen LogP contribution in [0, 0.1) is 0 Å². The zero-order chi connectivity index (χ0) is 9.94. The Morgan fingerprint density at radius 1 is 1.42 bits per heavy atom. The normalized spacial score (nSPS) is 13.7. The molecule has 9 heteroatoms. The molecule has 0 rings (SSSR count). The van der Waals surface area contributed by atoms with Gasteiger partial charge in [-0.1, -0.05) is 0 Å². The Morgan fingerprint density at radius 2 is 1.83 bits per heavy atom. The summed E-state index contributed by atoms with van der Waals surface area (Å²) in [7, 11) is -5.27. The van der Waals surface area contributed by atoms with Crippen LogP contribution < -0.4 is 5.48 Å². The second-order valence-corrected chi connectivity index (χ2v) is 3.36. The number of hydrogen-bond donors (Lipinski definition) is 4. The van der Waals surface area contributed by atoms with Gasteiger partial charge >= 0.3 is 13.5 Å². The molecular weight excluding hydrogens is 196 g/mol. The summed E-state index contributed by atoms with van der Waals surface area (Å²) in [5.74, 6) is -7.07. The van der Waals surface area contributed by atoms with Crippen molar-refractivity contribution in [3.63, 3.8) is 0 Å². The third kappa shape index (κ3) is 2.67. The van der Waals surface area contributed by atoms with E-state index in [1.807, 2.05) is 0 Å². The number of carbonyl (C=O) groups is 2. The Morgan fingerprint density at radius 3 is 2.08 bits per heavy atom. The first-order valence-electron chi connectivity index (χ1n) is 2.48. The fraction of sp³-hybridized carbons (Fsp3) is 0.333. The van der Waals surface area contributed by atoms with Gasteiger partial charge < -0.3 is 9.79 Å². The minimum absolute atomic E-state index is 0.746. The van der Waals surface area contributed by atoms with E-state index in [0.29, 0.717) is 0 Å². The molecule has 0 aromatic carbocycles. The smallest absolute Gasteiger partial charge is 0.322 e. The number of hydrogen-bond acceptors (Lipinski definition) is 4. The Hall–Kier alpha value is -0.820. The quantitative estimate of drug-likeness (QED) is 0.191. The van der Waals surface area contributed by atoms with E-state index in [-0.39, 0.29) is 0 Å². The van der Waals surface area contributed by atoms with Crippen LogP contribution in [0.3, 0.4) is 0 Å². The maximum absolute atomic E-state index is 12.3. The summed E-state index contributed by atoms with van der Waals surface area (Å²) in [5.41, 5.74) is 0.746. The van der Waals surface area contributed by atoms with Gasteiger partial charge in [0, 0.05) is 0 Å². The van der Waals surface area contributed by atoms with Gasteiger partial charge in [0.2, 0.25) is 0 Å². The van der Waals surface area contributed by atoms with Crippen molar-refractivity contribution in [2.24, 2.45) is 0 Å². The molecule has 70 valence electrons. The van der Waals surface area contributed by atoms with Crippen LogP contribution >= 0.6 is 7.60 Å². The molecule has 7 nitrogen and oxygen atoms in total. The second kappa shape index (κ2) is 3.72. The first-order valence-corrected chi connectivity index (χ1v) is 4.16. The number of hydroxylamine groups is 1. The van der Waals surface area contributed by atoms with E-state index >= 15 is 0 Å². The van der Waals surface area contributed by atoms with E-state index in [1.165, 1.54) is 0 Å². The molecule has 0 aliphatic rings. The van der Waals surface area contributed by atoms with Gasteiger partial charge in [0.1, 0.15) is 0 Å². The lowest BCUT2D eigenvalue weighted by Crippen LogP contribution is -2.34. The molecule has 0 heterocycles. The lowest BCUT2D eigenvalue weighted by atomic mass is 10.4. The van der Waals surface area contributed by atoms with Crippen molar-refractivity contribution in [1.82, 2.24) is 5.48 Å². The van der Waals surface area contributed by atoms with E-state index in [4.69, 9.17) is 15.0 Å². The van der Waals surface area contributed by atoms with Crippen molar-refractivity contribution in [3.8, 4) is 0 Å². The van der Waals surface area contributed by atoms with Gasteiger partial charge in [0.15, 0.2) is 0 Å². The van der Waals surface area contributed by atoms with Crippen LogP contribution in [0.4, 0.5) is 4.39 Å². The molecule has 0 bridgehead atoms. The fourth-order valence-electron chi connectivity index (χ4n) is 0.316. The fourth-order valence-corrected chi connectivity index (χ4v) is 0.739. The molecular formula is C3H5FNO6P. The number of alkyl halides is 1. The molecule has 0 radical (unpaired) electrons. The number of halogens is 1. The third-order valence-corrected chi connectivity index (χ3v) is 1.66. The van der Waals surface area contributed by atoms with E-state index in [0.717, 1.165) is 5.48 Å². The van der Waals surface area contributed by atoms with E-state index in [2.05, 4.69) is 0 Å². The zero-order valence-electron chi connectivity index (χ0n) is 5.47. The predicted molar refractivity (Wildman–Crippen MR) is 31.9 cm³/mol.